The number of carbonyl (C=O) groups is 1. The predicted octanol–water partition coefficient (Wildman–Crippen LogP) is 4.90. The third-order valence-corrected chi connectivity index (χ3v) is 7.63. The Labute approximate surface area is 210 Å². The smallest absolute Gasteiger partial charge is 0.251 e. The number of rotatable bonds is 7. The van der Waals surface area contributed by atoms with Crippen molar-refractivity contribution < 1.29 is 4.79 Å². The molecule has 1 saturated carbocycles. The molecule has 0 bridgehead atoms. The zero-order chi connectivity index (χ0) is 24.6. The van der Waals surface area contributed by atoms with Crippen LogP contribution < -0.4 is 10.6 Å². The molecule has 0 spiro atoms. The minimum Gasteiger partial charge on any atom is -0.372 e. The standard InChI is InChI=1S/C28H31N7O/c1-33(14-15-34-13-5-11-32-34)25-17-22(27-21(10-12-30-27)26(25)28(29)36)19-8-9-24-23(16-19)31-18-35(24)20-6-3-2-4-7-20/h5,8-9,11-13,16-18,20H,2-4,6-7,10,14-15H2,1H3,(H2,29,36). The molecule has 0 saturated heterocycles. The molecule has 1 aliphatic heterocycles. The van der Waals surface area contributed by atoms with Crippen LogP contribution in [0.3, 0.4) is 0 Å². The van der Waals surface area contributed by atoms with Crippen molar-refractivity contribution in [3.8, 4) is 11.1 Å². The summed E-state index contributed by atoms with van der Waals surface area (Å²) < 4.78 is 4.24. The minimum atomic E-state index is -0.425. The second-order valence-corrected chi connectivity index (χ2v) is 9.86. The second kappa shape index (κ2) is 9.26. The summed E-state index contributed by atoms with van der Waals surface area (Å²) in [6.07, 6.45) is 14.5. The number of benzene rings is 2. The van der Waals surface area contributed by atoms with E-state index in [0.717, 1.165) is 33.6 Å². The lowest BCUT2D eigenvalue weighted by atomic mass is 9.93. The van der Waals surface area contributed by atoms with Crippen LogP contribution in [0.1, 0.15) is 54.1 Å². The van der Waals surface area contributed by atoms with Crippen LogP contribution in [0.25, 0.3) is 22.2 Å². The van der Waals surface area contributed by atoms with Crippen molar-refractivity contribution in [1.82, 2.24) is 19.3 Å². The molecule has 0 atom stereocenters. The first-order valence-electron chi connectivity index (χ1n) is 12.8. The number of amides is 1. The molecule has 3 heterocycles. The fraction of sp³-hybridized carbons (Fsp3) is 0.357. The molecule has 6 rings (SSSR count). The quantitative estimate of drug-likeness (QED) is 0.406. The Morgan fingerprint density at radius 1 is 1.19 bits per heavy atom. The molecule has 2 aromatic heterocycles. The van der Waals surface area contributed by atoms with E-state index in [1.54, 1.807) is 6.20 Å². The molecule has 1 aliphatic carbocycles. The number of primary amides is 1. The molecule has 2 aliphatic rings. The van der Waals surface area contributed by atoms with E-state index in [2.05, 4.69) is 43.8 Å². The Balaban J connectivity index is 1.40. The van der Waals surface area contributed by atoms with Crippen LogP contribution in [0, 0.1) is 0 Å². The van der Waals surface area contributed by atoms with Crippen molar-refractivity contribution in [3.63, 3.8) is 0 Å². The Hall–Kier alpha value is -3.94. The number of nitrogens with two attached hydrogens (primary N) is 1. The fourth-order valence-corrected chi connectivity index (χ4v) is 5.74. The summed E-state index contributed by atoms with van der Waals surface area (Å²) in [5, 5.41) is 4.30. The molecule has 8 nitrogen and oxygen atoms in total. The van der Waals surface area contributed by atoms with Gasteiger partial charge in [0.15, 0.2) is 0 Å². The lowest BCUT2D eigenvalue weighted by Gasteiger charge is -2.25. The summed E-state index contributed by atoms with van der Waals surface area (Å²) in [7, 11) is 1.99. The summed E-state index contributed by atoms with van der Waals surface area (Å²) >= 11 is 0. The number of nitrogens with zero attached hydrogens (tertiary/aromatic N) is 6. The number of imidazole rings is 1. The van der Waals surface area contributed by atoms with Gasteiger partial charge in [0.1, 0.15) is 0 Å². The first-order valence-corrected chi connectivity index (χ1v) is 12.8. The van der Waals surface area contributed by atoms with Gasteiger partial charge < -0.3 is 15.2 Å². The number of aromatic nitrogens is 4. The van der Waals surface area contributed by atoms with Crippen LogP contribution in [-0.2, 0) is 13.0 Å². The Bertz CT molecular complexity index is 1440. The van der Waals surface area contributed by atoms with E-state index in [9.17, 15) is 4.79 Å². The average molecular weight is 482 g/mol. The van der Waals surface area contributed by atoms with Gasteiger partial charge in [-0.2, -0.15) is 5.10 Å². The number of hydrogen-bond acceptors (Lipinski definition) is 5. The molecule has 184 valence electrons. The van der Waals surface area contributed by atoms with Crippen LogP contribution in [-0.4, -0.2) is 45.0 Å². The van der Waals surface area contributed by atoms with E-state index in [1.165, 1.54) is 37.6 Å². The summed E-state index contributed by atoms with van der Waals surface area (Å²) in [6, 6.07) is 11.0. The van der Waals surface area contributed by atoms with Crippen LogP contribution in [0.15, 0.2) is 54.0 Å². The highest BCUT2D eigenvalue weighted by molar-refractivity contribution is 6.06. The first kappa shape index (κ1) is 22.5. The van der Waals surface area contributed by atoms with Crippen LogP contribution in [0.2, 0.25) is 0 Å². The SMILES string of the molecule is CN(CCn1cccn1)c1cc(-c2ccc3c(c2)ncn3C2CCCCC2)c2c(c1C(N)=O)CC=N2. The maximum Gasteiger partial charge on any atom is 0.251 e. The van der Waals surface area contributed by atoms with Gasteiger partial charge >= 0.3 is 0 Å². The first-order chi connectivity index (χ1) is 17.6. The number of fused-ring (bicyclic) bond motifs is 2. The molecular formula is C28H31N7O. The second-order valence-electron chi connectivity index (χ2n) is 9.86. The molecule has 1 fully saturated rings. The minimum absolute atomic E-state index is 0.425. The van der Waals surface area contributed by atoms with E-state index in [4.69, 9.17) is 10.7 Å². The van der Waals surface area contributed by atoms with Gasteiger partial charge in [-0.05, 0) is 48.2 Å². The van der Waals surface area contributed by atoms with Crippen molar-refractivity contribution in [2.24, 2.45) is 10.7 Å². The summed E-state index contributed by atoms with van der Waals surface area (Å²) in [4.78, 5) is 24.1. The van der Waals surface area contributed by atoms with Gasteiger partial charge in [-0.15, -0.1) is 0 Å². The number of likely N-dealkylation sites (N-methyl/N-ethyl adjacent to an activating group) is 1. The Morgan fingerprint density at radius 3 is 2.83 bits per heavy atom. The van der Waals surface area contributed by atoms with Crippen molar-refractivity contribution in [2.75, 3.05) is 18.5 Å². The molecule has 1 amide bonds. The Morgan fingerprint density at radius 2 is 2.06 bits per heavy atom. The molecule has 0 unspecified atom stereocenters. The summed E-state index contributed by atoms with van der Waals surface area (Å²) in [5.41, 5.74) is 13.2. The number of hydrogen-bond donors (Lipinski definition) is 1. The van der Waals surface area contributed by atoms with Gasteiger partial charge in [0.25, 0.3) is 5.91 Å². The van der Waals surface area contributed by atoms with Gasteiger partial charge in [0.2, 0.25) is 0 Å². The van der Waals surface area contributed by atoms with Crippen LogP contribution in [0.4, 0.5) is 11.4 Å². The Kier molecular flexibility index (Phi) is 5.79. The molecule has 2 aromatic carbocycles. The molecule has 2 N–H and O–H groups in total. The predicted molar refractivity (Wildman–Crippen MR) is 143 cm³/mol. The average Bonchev–Trinajstić information content (AvgIpc) is 3.67. The highest BCUT2D eigenvalue weighted by atomic mass is 16.1. The van der Waals surface area contributed by atoms with E-state index in [0.29, 0.717) is 31.1 Å². The maximum atomic E-state index is 12.6. The molecule has 8 heteroatoms. The van der Waals surface area contributed by atoms with E-state index >= 15 is 0 Å². The zero-order valence-corrected chi connectivity index (χ0v) is 20.6. The van der Waals surface area contributed by atoms with Crippen LogP contribution in [0.5, 0.6) is 0 Å². The van der Waals surface area contributed by atoms with Gasteiger partial charge in [-0.25, -0.2) is 4.98 Å². The number of aliphatic imine (C=N–C) groups is 1. The van der Waals surface area contributed by atoms with Gasteiger partial charge in [0.05, 0.1) is 40.8 Å². The fourth-order valence-electron chi connectivity index (χ4n) is 5.74. The summed E-state index contributed by atoms with van der Waals surface area (Å²) in [5.74, 6) is -0.425. The normalized spacial score (nSPS) is 15.5. The maximum absolute atomic E-state index is 12.6. The molecule has 4 aromatic rings. The van der Waals surface area contributed by atoms with Gasteiger partial charge in [0, 0.05) is 50.2 Å². The molecular weight excluding hydrogens is 450 g/mol. The summed E-state index contributed by atoms with van der Waals surface area (Å²) in [6.45, 7) is 1.39. The van der Waals surface area contributed by atoms with E-state index in [1.807, 2.05) is 36.5 Å². The topological polar surface area (TPSA) is 94.3 Å². The highest BCUT2D eigenvalue weighted by Crippen LogP contribution is 2.43. The van der Waals surface area contributed by atoms with E-state index in [-0.39, 0.29) is 0 Å². The number of carbonyl (C=O) groups excluding carboxylic acids is 1. The molecule has 36 heavy (non-hydrogen) atoms. The third kappa shape index (κ3) is 3.96. The third-order valence-electron chi connectivity index (χ3n) is 7.63. The largest absolute Gasteiger partial charge is 0.372 e. The van der Waals surface area contributed by atoms with Crippen molar-refractivity contribution >= 4 is 34.5 Å². The zero-order valence-electron chi connectivity index (χ0n) is 20.6. The van der Waals surface area contributed by atoms with Crippen molar-refractivity contribution in [3.05, 3.63) is 60.2 Å². The highest BCUT2D eigenvalue weighted by Gasteiger charge is 2.26. The van der Waals surface area contributed by atoms with E-state index < -0.39 is 5.91 Å². The number of anilines is 1. The van der Waals surface area contributed by atoms with Gasteiger partial charge in [-0.3, -0.25) is 14.5 Å². The van der Waals surface area contributed by atoms with Crippen molar-refractivity contribution in [1.29, 1.82) is 0 Å². The lowest BCUT2D eigenvalue weighted by molar-refractivity contribution is 0.1000. The lowest BCUT2D eigenvalue weighted by Crippen LogP contribution is -2.27. The monoisotopic (exact) mass is 481 g/mol. The molecule has 0 radical (unpaired) electrons. The van der Waals surface area contributed by atoms with Gasteiger partial charge in [-0.1, -0.05) is 25.3 Å². The van der Waals surface area contributed by atoms with Crippen molar-refractivity contribution in [2.45, 2.75) is 51.1 Å². The van der Waals surface area contributed by atoms with Crippen LogP contribution >= 0.6 is 0 Å².